The molecule has 0 aromatic heterocycles. The van der Waals surface area contributed by atoms with E-state index in [1.54, 1.807) is 14.2 Å². The minimum Gasteiger partial charge on any atom is -0.493 e. The largest absolute Gasteiger partial charge is 0.493 e. The van der Waals surface area contributed by atoms with Crippen LogP contribution in [0.5, 0.6) is 11.5 Å². The van der Waals surface area contributed by atoms with Crippen LogP contribution in [-0.2, 0) is 11.3 Å². The zero-order valence-electron chi connectivity index (χ0n) is 13.5. The zero-order chi connectivity index (χ0) is 16.4. The molecule has 0 saturated heterocycles. The van der Waals surface area contributed by atoms with E-state index >= 15 is 0 Å². The topological polar surface area (TPSA) is 78.1 Å². The monoisotopic (exact) mass is 307 g/mol. The van der Waals surface area contributed by atoms with Crippen molar-refractivity contribution in [3.63, 3.8) is 0 Å². The molecule has 6 nitrogen and oxygen atoms in total. The number of aliphatic imine (C=N–C) groups is 1. The van der Waals surface area contributed by atoms with Crippen molar-refractivity contribution >= 4 is 5.96 Å². The van der Waals surface area contributed by atoms with Crippen molar-refractivity contribution < 1.29 is 14.2 Å². The van der Waals surface area contributed by atoms with Gasteiger partial charge < -0.3 is 25.3 Å². The molecule has 0 atom stereocenters. The molecule has 0 aliphatic carbocycles. The highest BCUT2D eigenvalue weighted by atomic mass is 16.5. The number of hydrogen-bond donors (Lipinski definition) is 2. The molecule has 0 aliphatic heterocycles. The maximum absolute atomic E-state index is 5.80. The normalized spacial score (nSPS) is 11.1. The van der Waals surface area contributed by atoms with Crippen LogP contribution in [0.4, 0.5) is 0 Å². The predicted octanol–water partition coefficient (Wildman–Crippen LogP) is 1.70. The van der Waals surface area contributed by atoms with E-state index in [0.717, 1.165) is 11.1 Å². The fourth-order valence-electron chi connectivity index (χ4n) is 1.71. The molecule has 0 fully saturated rings. The van der Waals surface area contributed by atoms with E-state index < -0.39 is 0 Å². The highest BCUT2D eigenvalue weighted by molar-refractivity contribution is 5.77. The highest BCUT2D eigenvalue weighted by Gasteiger charge is 2.04. The van der Waals surface area contributed by atoms with E-state index in [0.29, 0.717) is 43.8 Å². The smallest absolute Gasteiger partial charge is 0.188 e. The number of benzene rings is 1. The lowest BCUT2D eigenvalue weighted by atomic mass is 10.2. The van der Waals surface area contributed by atoms with Crippen molar-refractivity contribution in [2.75, 3.05) is 34.0 Å². The van der Waals surface area contributed by atoms with Crippen LogP contribution in [0.3, 0.4) is 0 Å². The Kier molecular flexibility index (Phi) is 7.85. The molecule has 122 valence electrons. The van der Waals surface area contributed by atoms with Gasteiger partial charge >= 0.3 is 0 Å². The third kappa shape index (κ3) is 6.49. The molecular formula is C16H25N3O3. The van der Waals surface area contributed by atoms with E-state index in [-0.39, 0.29) is 0 Å². The summed E-state index contributed by atoms with van der Waals surface area (Å²) in [5, 5.41) is 2.99. The summed E-state index contributed by atoms with van der Waals surface area (Å²) in [7, 11) is 3.21. The minimum atomic E-state index is 0.383. The SMILES string of the molecule is C=C(C)COCCNC(N)=NCc1ccc(OC)c(OC)c1. The lowest BCUT2D eigenvalue weighted by Crippen LogP contribution is -2.34. The van der Waals surface area contributed by atoms with Crippen LogP contribution in [-0.4, -0.2) is 39.9 Å². The first kappa shape index (κ1) is 17.8. The quantitative estimate of drug-likeness (QED) is 0.314. The molecule has 0 radical (unpaired) electrons. The van der Waals surface area contributed by atoms with Gasteiger partial charge in [0.2, 0.25) is 0 Å². The van der Waals surface area contributed by atoms with Crippen LogP contribution in [0.1, 0.15) is 12.5 Å². The van der Waals surface area contributed by atoms with Gasteiger partial charge in [-0.2, -0.15) is 0 Å². The van der Waals surface area contributed by atoms with Gasteiger partial charge in [-0.15, -0.1) is 0 Å². The molecular weight excluding hydrogens is 282 g/mol. The second-order valence-electron chi connectivity index (χ2n) is 4.83. The molecule has 0 aliphatic rings. The number of hydrogen-bond acceptors (Lipinski definition) is 4. The second kappa shape index (κ2) is 9.68. The molecule has 0 bridgehead atoms. The summed E-state index contributed by atoms with van der Waals surface area (Å²) >= 11 is 0. The number of guanidine groups is 1. The lowest BCUT2D eigenvalue weighted by molar-refractivity contribution is 0.161. The van der Waals surface area contributed by atoms with Crippen LogP contribution in [0.25, 0.3) is 0 Å². The summed E-state index contributed by atoms with van der Waals surface area (Å²) in [5.74, 6) is 1.75. The predicted molar refractivity (Wildman–Crippen MR) is 88.5 cm³/mol. The van der Waals surface area contributed by atoms with Gasteiger partial charge in [-0.05, 0) is 24.6 Å². The van der Waals surface area contributed by atoms with Gasteiger partial charge in [-0.3, -0.25) is 0 Å². The Labute approximate surface area is 132 Å². The van der Waals surface area contributed by atoms with E-state index in [2.05, 4.69) is 16.9 Å². The van der Waals surface area contributed by atoms with Crippen LogP contribution in [0.2, 0.25) is 0 Å². The summed E-state index contributed by atoms with van der Waals surface area (Å²) in [4.78, 5) is 4.27. The molecule has 0 saturated carbocycles. The van der Waals surface area contributed by atoms with Crippen LogP contribution in [0, 0.1) is 0 Å². The van der Waals surface area contributed by atoms with Crippen LogP contribution >= 0.6 is 0 Å². The van der Waals surface area contributed by atoms with Gasteiger partial charge in [0.1, 0.15) is 0 Å². The summed E-state index contributed by atoms with van der Waals surface area (Å²) in [5.41, 5.74) is 7.78. The first-order chi connectivity index (χ1) is 10.6. The van der Waals surface area contributed by atoms with Gasteiger partial charge in [0.15, 0.2) is 17.5 Å². The Hall–Kier alpha value is -2.21. The average molecular weight is 307 g/mol. The van der Waals surface area contributed by atoms with E-state index in [1.807, 2.05) is 25.1 Å². The number of methoxy groups -OCH3 is 2. The van der Waals surface area contributed by atoms with Crippen molar-refractivity contribution in [3.8, 4) is 11.5 Å². The first-order valence-corrected chi connectivity index (χ1v) is 7.03. The fourth-order valence-corrected chi connectivity index (χ4v) is 1.71. The summed E-state index contributed by atoms with van der Waals surface area (Å²) in [6.07, 6.45) is 0. The maximum Gasteiger partial charge on any atom is 0.188 e. The third-order valence-corrected chi connectivity index (χ3v) is 2.78. The minimum absolute atomic E-state index is 0.383. The van der Waals surface area contributed by atoms with Crippen molar-refractivity contribution in [1.82, 2.24) is 5.32 Å². The molecule has 1 aromatic carbocycles. The molecule has 0 spiro atoms. The van der Waals surface area contributed by atoms with Crippen molar-refractivity contribution in [2.24, 2.45) is 10.7 Å². The second-order valence-corrected chi connectivity index (χ2v) is 4.83. The number of rotatable bonds is 9. The van der Waals surface area contributed by atoms with E-state index in [9.17, 15) is 0 Å². The molecule has 0 heterocycles. The maximum atomic E-state index is 5.80. The van der Waals surface area contributed by atoms with Gasteiger partial charge in [-0.25, -0.2) is 4.99 Å². The summed E-state index contributed by atoms with van der Waals surface area (Å²) in [6.45, 7) is 7.87. The molecule has 1 aromatic rings. The van der Waals surface area contributed by atoms with Gasteiger partial charge in [0.25, 0.3) is 0 Å². The Balaban J connectivity index is 2.41. The van der Waals surface area contributed by atoms with E-state index in [4.69, 9.17) is 19.9 Å². The van der Waals surface area contributed by atoms with Crippen molar-refractivity contribution in [3.05, 3.63) is 35.9 Å². The van der Waals surface area contributed by atoms with E-state index in [1.165, 1.54) is 0 Å². The summed E-state index contributed by atoms with van der Waals surface area (Å²) < 4.78 is 15.8. The highest BCUT2D eigenvalue weighted by Crippen LogP contribution is 2.27. The molecule has 1 rings (SSSR count). The number of nitrogens with zero attached hydrogens (tertiary/aromatic N) is 1. The van der Waals surface area contributed by atoms with Gasteiger partial charge in [-0.1, -0.05) is 18.2 Å². The molecule has 0 unspecified atom stereocenters. The Morgan fingerprint density at radius 3 is 2.64 bits per heavy atom. The Morgan fingerprint density at radius 2 is 2.00 bits per heavy atom. The van der Waals surface area contributed by atoms with Crippen LogP contribution < -0.4 is 20.5 Å². The third-order valence-electron chi connectivity index (χ3n) is 2.78. The number of nitrogens with one attached hydrogen (secondary N) is 1. The van der Waals surface area contributed by atoms with Gasteiger partial charge in [0.05, 0.1) is 34.0 Å². The number of ether oxygens (including phenoxy) is 3. The standard InChI is InChI=1S/C16H25N3O3/c1-12(2)11-22-8-7-18-16(17)19-10-13-5-6-14(20-3)15(9-13)21-4/h5-6,9H,1,7-8,10-11H2,2-4H3,(H3,17,18,19). The molecule has 3 N–H and O–H groups in total. The zero-order valence-corrected chi connectivity index (χ0v) is 13.5. The van der Waals surface area contributed by atoms with Crippen LogP contribution in [0.15, 0.2) is 35.3 Å². The summed E-state index contributed by atoms with van der Waals surface area (Å²) in [6, 6.07) is 5.65. The Morgan fingerprint density at radius 1 is 1.27 bits per heavy atom. The van der Waals surface area contributed by atoms with Crippen molar-refractivity contribution in [2.45, 2.75) is 13.5 Å². The Bertz CT molecular complexity index is 515. The fraction of sp³-hybridized carbons (Fsp3) is 0.438. The number of nitrogens with two attached hydrogens (primary N) is 1. The average Bonchev–Trinajstić information content (AvgIpc) is 2.51. The lowest BCUT2D eigenvalue weighted by Gasteiger charge is -2.09. The first-order valence-electron chi connectivity index (χ1n) is 7.03. The van der Waals surface area contributed by atoms with Crippen molar-refractivity contribution in [1.29, 1.82) is 0 Å². The molecule has 6 heteroatoms. The molecule has 22 heavy (non-hydrogen) atoms. The molecule has 0 amide bonds. The van der Waals surface area contributed by atoms with Gasteiger partial charge in [0, 0.05) is 6.54 Å².